The number of carbonyl (C=O) groups is 1. The van der Waals surface area contributed by atoms with Gasteiger partial charge in [0.2, 0.25) is 0 Å². The summed E-state index contributed by atoms with van der Waals surface area (Å²) in [5, 5.41) is 12.6. The summed E-state index contributed by atoms with van der Waals surface area (Å²) in [6, 6.07) is 0. The monoisotopic (exact) mass is 325 g/mol. The van der Waals surface area contributed by atoms with Crippen LogP contribution in [0.15, 0.2) is 11.9 Å². The van der Waals surface area contributed by atoms with Crippen LogP contribution in [0.1, 0.15) is 20.8 Å². The smallest absolute Gasteiger partial charge is 0.412 e. The van der Waals surface area contributed by atoms with Crippen molar-refractivity contribution in [3.8, 4) is 0 Å². The molecule has 3 N–H and O–H groups in total. The lowest BCUT2D eigenvalue weighted by Gasteiger charge is -2.20. The highest BCUT2D eigenvalue weighted by Crippen LogP contribution is 2.08. The summed E-state index contributed by atoms with van der Waals surface area (Å²) >= 11 is 1.80. The van der Waals surface area contributed by atoms with Crippen molar-refractivity contribution in [1.29, 1.82) is 5.41 Å². The lowest BCUT2D eigenvalue weighted by atomic mass is 10.2. The summed E-state index contributed by atoms with van der Waals surface area (Å²) < 4.78 is 5.28. The van der Waals surface area contributed by atoms with Gasteiger partial charge in [0.05, 0.1) is 5.70 Å². The minimum atomic E-state index is -0.564. The Kier molecular flexibility index (Phi) is 5.63. The SMILES string of the molecule is CN/C=C(/NC(=O)OC(C)(C)C)C(=N)I. The molecule has 0 spiro atoms. The molecule has 6 heteroatoms. The largest absolute Gasteiger partial charge is 0.444 e. The minimum Gasteiger partial charge on any atom is -0.444 e. The Morgan fingerprint density at radius 1 is 1.47 bits per heavy atom. The number of halogens is 1. The second-order valence-corrected chi connectivity index (χ2v) is 4.87. The molecule has 15 heavy (non-hydrogen) atoms. The molecule has 0 aromatic rings. The second-order valence-electron chi connectivity index (χ2n) is 3.79. The van der Waals surface area contributed by atoms with Gasteiger partial charge in [-0.1, -0.05) is 0 Å². The average molecular weight is 325 g/mol. The van der Waals surface area contributed by atoms with Crippen molar-refractivity contribution in [3.63, 3.8) is 0 Å². The third-order valence-electron chi connectivity index (χ3n) is 1.16. The van der Waals surface area contributed by atoms with Gasteiger partial charge in [-0.15, -0.1) is 0 Å². The van der Waals surface area contributed by atoms with Crippen LogP contribution in [0.5, 0.6) is 0 Å². The van der Waals surface area contributed by atoms with Gasteiger partial charge in [0.1, 0.15) is 9.32 Å². The van der Waals surface area contributed by atoms with E-state index in [4.69, 9.17) is 10.1 Å². The van der Waals surface area contributed by atoms with Crippen molar-refractivity contribution < 1.29 is 9.53 Å². The summed E-state index contributed by atoms with van der Waals surface area (Å²) in [4.78, 5) is 11.3. The van der Waals surface area contributed by atoms with Crippen LogP contribution in [0.4, 0.5) is 4.79 Å². The third kappa shape index (κ3) is 7.18. The maximum atomic E-state index is 11.3. The Labute approximate surface area is 103 Å². The van der Waals surface area contributed by atoms with E-state index < -0.39 is 11.7 Å². The van der Waals surface area contributed by atoms with E-state index in [0.29, 0.717) is 5.70 Å². The van der Waals surface area contributed by atoms with Gasteiger partial charge in [-0.25, -0.2) is 4.79 Å². The molecule has 5 nitrogen and oxygen atoms in total. The average Bonchev–Trinajstić information content (AvgIpc) is 1.99. The van der Waals surface area contributed by atoms with E-state index in [2.05, 4.69) is 10.6 Å². The van der Waals surface area contributed by atoms with Gasteiger partial charge in [0.15, 0.2) is 0 Å². The highest BCUT2D eigenvalue weighted by Gasteiger charge is 2.17. The Hall–Kier alpha value is -0.790. The van der Waals surface area contributed by atoms with Gasteiger partial charge >= 0.3 is 6.09 Å². The quantitative estimate of drug-likeness (QED) is 0.549. The molecular weight excluding hydrogens is 309 g/mol. The fourth-order valence-electron chi connectivity index (χ4n) is 0.712. The van der Waals surface area contributed by atoms with E-state index in [-0.39, 0.29) is 3.72 Å². The highest BCUT2D eigenvalue weighted by atomic mass is 127. The first-order chi connectivity index (χ1) is 6.76. The number of hydrogen-bond acceptors (Lipinski definition) is 4. The zero-order valence-corrected chi connectivity index (χ0v) is 11.4. The molecule has 0 aromatic carbocycles. The molecule has 0 radical (unpaired) electrons. The van der Waals surface area contributed by atoms with E-state index >= 15 is 0 Å². The lowest BCUT2D eigenvalue weighted by Crippen LogP contribution is -2.33. The van der Waals surface area contributed by atoms with Crippen molar-refractivity contribution in [2.24, 2.45) is 0 Å². The van der Waals surface area contributed by atoms with Crippen LogP contribution in [-0.4, -0.2) is 22.5 Å². The van der Waals surface area contributed by atoms with Gasteiger partial charge in [0.25, 0.3) is 0 Å². The van der Waals surface area contributed by atoms with Crippen LogP contribution < -0.4 is 10.6 Å². The van der Waals surface area contributed by atoms with Crippen LogP contribution in [0, 0.1) is 5.41 Å². The van der Waals surface area contributed by atoms with Gasteiger partial charge < -0.3 is 10.1 Å². The number of rotatable bonds is 3. The van der Waals surface area contributed by atoms with E-state index in [9.17, 15) is 4.79 Å². The summed E-state index contributed by atoms with van der Waals surface area (Å²) in [6.07, 6.45) is 0.962. The molecule has 86 valence electrons. The highest BCUT2D eigenvalue weighted by molar-refractivity contribution is 14.1. The molecule has 0 unspecified atom stereocenters. The number of amides is 1. The molecule has 0 aliphatic rings. The predicted octanol–water partition coefficient (Wildman–Crippen LogP) is 1.98. The molecule has 0 atom stereocenters. The maximum absolute atomic E-state index is 11.3. The topological polar surface area (TPSA) is 74.2 Å². The molecule has 0 bridgehead atoms. The zero-order valence-electron chi connectivity index (χ0n) is 9.27. The Bertz CT molecular complexity index is 282. The van der Waals surface area contributed by atoms with Crippen LogP contribution in [0.25, 0.3) is 0 Å². The standard InChI is InChI=1S/C9H16IN3O2/c1-9(2,3)15-8(14)13-6(5-12-4)7(10)11/h5,11-12H,1-4H3,(H,13,14)/b6-5+,11-7?. The molecule has 0 aromatic heterocycles. The first kappa shape index (κ1) is 14.2. The molecule has 0 heterocycles. The van der Waals surface area contributed by atoms with Gasteiger partial charge in [-0.3, -0.25) is 10.7 Å². The Morgan fingerprint density at radius 3 is 2.33 bits per heavy atom. The van der Waals surface area contributed by atoms with E-state index in [0.717, 1.165) is 0 Å². The number of alkyl carbamates (subject to hydrolysis) is 1. The molecular formula is C9H16IN3O2. The fraction of sp³-hybridized carbons (Fsp3) is 0.556. The minimum absolute atomic E-state index is 0.229. The Balaban J connectivity index is 4.38. The van der Waals surface area contributed by atoms with E-state index in [1.165, 1.54) is 6.20 Å². The predicted molar refractivity (Wildman–Crippen MR) is 68.3 cm³/mol. The van der Waals surface area contributed by atoms with Crippen molar-refractivity contribution in [3.05, 3.63) is 11.9 Å². The van der Waals surface area contributed by atoms with Crippen molar-refractivity contribution in [1.82, 2.24) is 10.6 Å². The second kappa shape index (κ2) is 5.94. The maximum Gasteiger partial charge on any atom is 0.412 e. The van der Waals surface area contributed by atoms with Crippen LogP contribution >= 0.6 is 22.6 Å². The molecule has 0 fully saturated rings. The van der Waals surface area contributed by atoms with Crippen molar-refractivity contribution >= 4 is 32.4 Å². The van der Waals surface area contributed by atoms with Crippen LogP contribution in [-0.2, 0) is 4.74 Å². The lowest BCUT2D eigenvalue weighted by molar-refractivity contribution is 0.0549. The van der Waals surface area contributed by atoms with Gasteiger partial charge in [-0.2, -0.15) is 0 Å². The first-order valence-electron chi connectivity index (χ1n) is 4.38. The summed E-state index contributed by atoms with van der Waals surface area (Å²) in [7, 11) is 1.69. The molecule has 0 saturated heterocycles. The first-order valence-corrected chi connectivity index (χ1v) is 5.46. The summed E-state index contributed by atoms with van der Waals surface area (Å²) in [5.74, 6) is 0. The molecule has 0 aliphatic carbocycles. The molecule has 1 amide bonds. The fourth-order valence-corrected chi connectivity index (χ4v) is 1.00. The van der Waals surface area contributed by atoms with Crippen molar-refractivity contribution in [2.45, 2.75) is 26.4 Å². The van der Waals surface area contributed by atoms with Crippen LogP contribution in [0.3, 0.4) is 0 Å². The summed E-state index contributed by atoms with van der Waals surface area (Å²) in [6.45, 7) is 5.34. The Morgan fingerprint density at radius 2 is 2.00 bits per heavy atom. The van der Waals surface area contributed by atoms with Crippen LogP contribution in [0.2, 0.25) is 0 Å². The van der Waals surface area contributed by atoms with E-state index in [1.54, 1.807) is 50.4 Å². The van der Waals surface area contributed by atoms with Gasteiger partial charge in [0, 0.05) is 13.2 Å². The van der Waals surface area contributed by atoms with E-state index in [1.807, 2.05) is 0 Å². The zero-order chi connectivity index (χ0) is 12.1. The van der Waals surface area contributed by atoms with Crippen molar-refractivity contribution in [2.75, 3.05) is 7.05 Å². The normalized spacial score (nSPS) is 11.9. The third-order valence-corrected chi connectivity index (χ3v) is 1.74. The number of ether oxygens (including phenoxy) is 1. The summed E-state index contributed by atoms with van der Waals surface area (Å²) in [5.41, 5.74) is -0.158. The van der Waals surface area contributed by atoms with Gasteiger partial charge in [-0.05, 0) is 43.4 Å². The number of carbonyl (C=O) groups excluding carboxylic acids is 1. The molecule has 0 saturated carbocycles. The molecule has 0 rings (SSSR count). The number of allylic oxidation sites excluding steroid dienone is 1. The number of nitrogens with one attached hydrogen (secondary N) is 3. The number of hydrogen-bond donors (Lipinski definition) is 3. The molecule has 0 aliphatic heterocycles.